The summed E-state index contributed by atoms with van der Waals surface area (Å²) in [5.41, 5.74) is 0. The zero-order chi connectivity index (χ0) is 5.21. The van der Waals surface area contributed by atoms with Gasteiger partial charge in [-0.1, -0.05) is 0 Å². The van der Waals surface area contributed by atoms with E-state index in [2.05, 4.69) is 2.60 Å². The van der Waals surface area contributed by atoms with Gasteiger partial charge in [-0.2, -0.15) is 0 Å². The zero-order valence-corrected chi connectivity index (χ0v) is 6.01. The van der Waals surface area contributed by atoms with Crippen molar-refractivity contribution in [3.05, 3.63) is 0 Å². The number of hydrogen-bond acceptors (Lipinski definition) is 2. The first-order chi connectivity index (χ1) is 2.56. The van der Waals surface area contributed by atoms with Gasteiger partial charge in [-0.15, -0.1) is 0 Å². The van der Waals surface area contributed by atoms with E-state index in [0.717, 1.165) is 0 Å². The van der Waals surface area contributed by atoms with Gasteiger partial charge in [0.2, 0.25) is 0 Å². The quantitative estimate of drug-likeness (QED) is 0.428. The van der Waals surface area contributed by atoms with Crippen LogP contribution in [0.25, 0.3) is 0 Å². The van der Waals surface area contributed by atoms with E-state index in [4.69, 9.17) is 9.79 Å². The minimum absolute atomic E-state index is 0. The summed E-state index contributed by atoms with van der Waals surface area (Å²) in [5, 5.41) is 0. The number of phosphoric acid groups is 1. The molecule has 0 heterocycles. The third-order valence-corrected chi connectivity index (χ3v) is 2.11. The van der Waals surface area contributed by atoms with Gasteiger partial charge in [-0.25, -0.2) is 0 Å². The van der Waals surface area contributed by atoms with E-state index in [1.807, 2.05) is 0 Å². The third-order valence-electron chi connectivity index (χ3n) is 0.119. The fourth-order valence-corrected chi connectivity index (χ4v) is 0. The van der Waals surface area contributed by atoms with Crippen LogP contribution in [0.1, 0.15) is 0 Å². The molecule has 0 spiro atoms. The van der Waals surface area contributed by atoms with Crippen molar-refractivity contribution in [1.29, 1.82) is 0 Å². The van der Waals surface area contributed by atoms with E-state index in [1.54, 1.807) is 0 Å². The Kier molecular flexibility index (Phi) is 8.11. The molecule has 0 saturated carbocycles. The standard InChI is InChI=1S/Na.H3O4P.Zr.H/c;1-5(2,3)4;;/h;(H3,1,2,3,4);;/q;;+1;/p-1. The van der Waals surface area contributed by atoms with E-state index in [0.29, 0.717) is 25.2 Å². The molecule has 37 valence electrons. The van der Waals surface area contributed by atoms with Gasteiger partial charge >= 0.3 is 79.5 Å². The maximum atomic E-state index is 9.49. The summed E-state index contributed by atoms with van der Waals surface area (Å²) in [6.45, 7) is 0. The summed E-state index contributed by atoms with van der Waals surface area (Å²) in [6, 6.07) is 0. The second-order valence-corrected chi connectivity index (χ2v) is 3.09. The maximum absolute atomic E-state index is 9.49. The average molecular weight is 212 g/mol. The summed E-state index contributed by atoms with van der Waals surface area (Å²) in [4.78, 5) is 15.5. The Morgan fingerprint density at radius 3 is 1.71 bits per heavy atom. The van der Waals surface area contributed by atoms with E-state index in [9.17, 15) is 4.57 Å². The van der Waals surface area contributed by atoms with Gasteiger partial charge < -0.3 is 0 Å². The Balaban J connectivity index is 0. The van der Waals surface area contributed by atoms with Crippen LogP contribution in [0.5, 0.6) is 0 Å². The van der Waals surface area contributed by atoms with E-state index in [-0.39, 0.29) is 29.6 Å². The van der Waals surface area contributed by atoms with Crippen molar-refractivity contribution >= 4 is 37.4 Å². The van der Waals surface area contributed by atoms with E-state index in [1.165, 1.54) is 0 Å². The van der Waals surface area contributed by atoms with E-state index < -0.39 is 7.82 Å². The normalized spacial score (nSPS) is 9.86. The molecule has 7 heavy (non-hydrogen) atoms. The fourth-order valence-electron chi connectivity index (χ4n) is 0. The average Bonchev–Trinajstić information content (AvgIpc) is 1.35. The first-order valence-electron chi connectivity index (χ1n) is 0.969. The molecule has 0 aromatic carbocycles. The van der Waals surface area contributed by atoms with Crippen molar-refractivity contribution in [3.63, 3.8) is 0 Å². The molecular formula is H3NaO4PZr. The minimum atomic E-state index is -4.11. The molecule has 0 amide bonds. The topological polar surface area (TPSA) is 66.8 Å². The van der Waals surface area contributed by atoms with Crippen LogP contribution in [0.15, 0.2) is 0 Å². The van der Waals surface area contributed by atoms with E-state index >= 15 is 0 Å². The Morgan fingerprint density at radius 2 is 1.71 bits per heavy atom. The SMILES string of the molecule is O=P(O)(O)[O][Zr].[NaH]. The molecule has 7 heteroatoms. The van der Waals surface area contributed by atoms with Crippen molar-refractivity contribution < 1.29 is 42.1 Å². The Bertz CT molecular complexity index is 75.8. The summed E-state index contributed by atoms with van der Waals surface area (Å²) < 4.78 is 13.2. The van der Waals surface area contributed by atoms with Crippen LogP contribution in [-0.2, 0) is 32.3 Å². The van der Waals surface area contributed by atoms with Gasteiger partial charge in [0.05, 0.1) is 0 Å². The molecule has 0 radical (unpaired) electrons. The molecule has 4 nitrogen and oxygen atoms in total. The van der Waals surface area contributed by atoms with Gasteiger partial charge in [-0.3, -0.25) is 0 Å². The van der Waals surface area contributed by atoms with Gasteiger partial charge in [0, 0.05) is 0 Å². The van der Waals surface area contributed by atoms with Crippen molar-refractivity contribution in [1.82, 2.24) is 0 Å². The molecule has 0 aliphatic heterocycles. The molecule has 0 fully saturated rings. The van der Waals surface area contributed by atoms with Crippen molar-refractivity contribution in [2.75, 3.05) is 0 Å². The summed E-state index contributed by atoms with van der Waals surface area (Å²) in [6.07, 6.45) is 0. The second kappa shape index (κ2) is 4.83. The molecule has 0 aliphatic carbocycles. The van der Waals surface area contributed by atoms with Crippen molar-refractivity contribution in [3.8, 4) is 0 Å². The van der Waals surface area contributed by atoms with Gasteiger partial charge in [0.25, 0.3) is 0 Å². The van der Waals surface area contributed by atoms with Crippen LogP contribution in [0.2, 0.25) is 0 Å². The molecule has 0 saturated heterocycles. The van der Waals surface area contributed by atoms with Gasteiger partial charge in [0.1, 0.15) is 0 Å². The molecule has 0 aromatic rings. The van der Waals surface area contributed by atoms with Crippen LogP contribution in [0.4, 0.5) is 0 Å². The Morgan fingerprint density at radius 1 is 1.57 bits per heavy atom. The van der Waals surface area contributed by atoms with Crippen LogP contribution < -0.4 is 0 Å². The van der Waals surface area contributed by atoms with Crippen molar-refractivity contribution in [2.24, 2.45) is 0 Å². The van der Waals surface area contributed by atoms with Crippen LogP contribution in [0, 0.1) is 0 Å². The molecule has 0 unspecified atom stereocenters. The first kappa shape index (κ1) is 11.7. The first-order valence-corrected chi connectivity index (χ1v) is 3.50. The van der Waals surface area contributed by atoms with Crippen LogP contribution in [-0.4, -0.2) is 39.3 Å². The summed E-state index contributed by atoms with van der Waals surface area (Å²) >= 11 is 0.388. The van der Waals surface area contributed by atoms with Gasteiger partial charge in [-0.05, 0) is 0 Å². The zero-order valence-electron chi connectivity index (χ0n) is 2.66. The molecule has 0 aromatic heterocycles. The van der Waals surface area contributed by atoms with Crippen LogP contribution >= 0.6 is 7.82 Å². The molecule has 0 aliphatic rings. The van der Waals surface area contributed by atoms with Crippen LogP contribution in [0.3, 0.4) is 0 Å². The fraction of sp³-hybridized carbons (Fsp3) is 0. The Labute approximate surface area is 78.6 Å². The summed E-state index contributed by atoms with van der Waals surface area (Å²) in [5.74, 6) is 0. The molecule has 0 bridgehead atoms. The molecule has 2 N–H and O–H groups in total. The predicted octanol–water partition coefficient (Wildman–Crippen LogP) is -1.09. The second-order valence-electron chi connectivity index (χ2n) is 0.582. The third kappa shape index (κ3) is 11.5. The van der Waals surface area contributed by atoms with Crippen molar-refractivity contribution in [2.45, 2.75) is 0 Å². The molecular weight excluding hydrogens is 209 g/mol. The predicted molar refractivity (Wildman–Crippen MR) is 20.3 cm³/mol. The summed E-state index contributed by atoms with van der Waals surface area (Å²) in [7, 11) is -4.11. The number of hydrogen-bond donors (Lipinski definition) is 2. The molecule has 0 atom stereocenters. The monoisotopic (exact) mass is 211 g/mol. The van der Waals surface area contributed by atoms with Gasteiger partial charge in [0.15, 0.2) is 0 Å². The molecule has 0 rings (SSSR count). The Hall–Kier alpha value is 1.99. The number of rotatable bonds is 1.